The molecule has 0 saturated heterocycles. The number of amides is 1. The molecule has 3 rings (SSSR count). The smallest absolute Gasteiger partial charge is 0.248 e. The van der Waals surface area contributed by atoms with E-state index >= 15 is 0 Å². The number of rotatable bonds is 7. The molecular formula is C19H22N2O2. The fourth-order valence-electron chi connectivity index (χ4n) is 2.79. The van der Waals surface area contributed by atoms with Gasteiger partial charge in [-0.2, -0.15) is 0 Å². The van der Waals surface area contributed by atoms with Crippen molar-refractivity contribution in [3.63, 3.8) is 0 Å². The van der Waals surface area contributed by atoms with Crippen LogP contribution < -0.4 is 5.73 Å². The van der Waals surface area contributed by atoms with Crippen LogP contribution in [0.5, 0.6) is 0 Å². The fourth-order valence-corrected chi connectivity index (χ4v) is 2.79. The highest BCUT2D eigenvalue weighted by Crippen LogP contribution is 2.30. The van der Waals surface area contributed by atoms with Gasteiger partial charge in [0.1, 0.15) is 0 Å². The minimum Gasteiger partial charge on any atom is -0.387 e. The van der Waals surface area contributed by atoms with Crippen molar-refractivity contribution in [2.24, 2.45) is 5.73 Å². The number of carbonyl (C=O) groups excluding carboxylic acids is 1. The summed E-state index contributed by atoms with van der Waals surface area (Å²) in [5, 5.41) is 10.5. The van der Waals surface area contributed by atoms with Crippen LogP contribution in [-0.4, -0.2) is 28.5 Å². The van der Waals surface area contributed by atoms with Crippen LogP contribution in [0.4, 0.5) is 0 Å². The second-order valence-electron chi connectivity index (χ2n) is 6.15. The average molecular weight is 310 g/mol. The Morgan fingerprint density at radius 2 is 1.78 bits per heavy atom. The van der Waals surface area contributed by atoms with E-state index < -0.39 is 12.0 Å². The third kappa shape index (κ3) is 4.18. The Morgan fingerprint density at radius 3 is 2.35 bits per heavy atom. The lowest BCUT2D eigenvalue weighted by Crippen LogP contribution is -2.30. The van der Waals surface area contributed by atoms with Crippen molar-refractivity contribution in [3.8, 4) is 0 Å². The first-order valence-electron chi connectivity index (χ1n) is 7.99. The van der Waals surface area contributed by atoms with E-state index in [-0.39, 0.29) is 0 Å². The Hall–Kier alpha value is -2.17. The third-order valence-corrected chi connectivity index (χ3v) is 4.28. The number of aliphatic hydroxyl groups is 1. The molecule has 1 amide bonds. The molecule has 0 bridgehead atoms. The highest BCUT2D eigenvalue weighted by Gasteiger charge is 2.30. The van der Waals surface area contributed by atoms with Crippen LogP contribution in [0.3, 0.4) is 0 Å². The third-order valence-electron chi connectivity index (χ3n) is 4.28. The molecule has 120 valence electrons. The van der Waals surface area contributed by atoms with Gasteiger partial charge in [0, 0.05) is 24.7 Å². The van der Waals surface area contributed by atoms with E-state index in [1.807, 2.05) is 42.5 Å². The summed E-state index contributed by atoms with van der Waals surface area (Å²) >= 11 is 0. The lowest BCUT2D eigenvalue weighted by Gasteiger charge is -2.25. The molecule has 2 aromatic rings. The maximum Gasteiger partial charge on any atom is 0.248 e. The first-order valence-corrected chi connectivity index (χ1v) is 7.99. The van der Waals surface area contributed by atoms with Gasteiger partial charge in [0.15, 0.2) is 0 Å². The zero-order valence-corrected chi connectivity index (χ0v) is 13.1. The Labute approximate surface area is 136 Å². The number of nitrogens with two attached hydrogens (primary N) is 1. The first-order chi connectivity index (χ1) is 11.1. The van der Waals surface area contributed by atoms with Gasteiger partial charge in [0.2, 0.25) is 5.91 Å². The summed E-state index contributed by atoms with van der Waals surface area (Å²) in [4.78, 5) is 13.5. The monoisotopic (exact) mass is 310 g/mol. The molecule has 2 aromatic carbocycles. The Bertz CT molecular complexity index is 651. The van der Waals surface area contributed by atoms with Crippen LogP contribution in [0.2, 0.25) is 0 Å². The van der Waals surface area contributed by atoms with Gasteiger partial charge >= 0.3 is 0 Å². The molecule has 23 heavy (non-hydrogen) atoms. The summed E-state index contributed by atoms with van der Waals surface area (Å²) in [5.74, 6) is -0.407. The van der Waals surface area contributed by atoms with E-state index in [0.717, 1.165) is 17.7 Å². The molecule has 0 aliphatic heterocycles. The molecule has 0 heterocycles. The van der Waals surface area contributed by atoms with Gasteiger partial charge in [0.25, 0.3) is 0 Å². The van der Waals surface area contributed by atoms with Gasteiger partial charge in [0.05, 0.1) is 6.10 Å². The molecule has 0 spiro atoms. The minimum atomic E-state index is -0.485. The van der Waals surface area contributed by atoms with Crippen LogP contribution in [0, 0.1) is 0 Å². The molecule has 1 aliphatic carbocycles. The standard InChI is InChI=1S/C19H22N2O2/c20-19(23)16-8-6-14(7-9-16)12-21(17-10-11-17)13-18(22)15-4-2-1-3-5-15/h1-9,17-18,22H,10-13H2,(H2,20,23). The molecule has 3 N–H and O–H groups in total. The normalized spacial score (nSPS) is 15.6. The van der Waals surface area contributed by atoms with Gasteiger partial charge in [-0.05, 0) is 36.1 Å². The van der Waals surface area contributed by atoms with Crippen LogP contribution in [0.15, 0.2) is 54.6 Å². The SMILES string of the molecule is NC(=O)c1ccc(CN(CC(O)c2ccccc2)C2CC2)cc1. The molecule has 1 aliphatic rings. The van der Waals surface area contributed by atoms with Crippen molar-refractivity contribution < 1.29 is 9.90 Å². The van der Waals surface area contributed by atoms with Crippen LogP contribution in [-0.2, 0) is 6.54 Å². The zero-order chi connectivity index (χ0) is 16.2. The predicted molar refractivity (Wildman–Crippen MR) is 89.8 cm³/mol. The van der Waals surface area contributed by atoms with E-state index in [0.29, 0.717) is 18.2 Å². The number of benzene rings is 2. The molecule has 0 radical (unpaired) electrons. The quantitative estimate of drug-likeness (QED) is 0.825. The first kappa shape index (κ1) is 15.7. The number of hydrogen-bond donors (Lipinski definition) is 2. The average Bonchev–Trinajstić information content (AvgIpc) is 3.40. The Kier molecular flexibility index (Phi) is 4.74. The second kappa shape index (κ2) is 6.94. The summed E-state index contributed by atoms with van der Waals surface area (Å²) in [7, 11) is 0. The topological polar surface area (TPSA) is 66.6 Å². The van der Waals surface area contributed by atoms with Crippen LogP contribution in [0.25, 0.3) is 0 Å². The Balaban J connectivity index is 1.66. The van der Waals surface area contributed by atoms with E-state index in [4.69, 9.17) is 5.73 Å². The highest BCUT2D eigenvalue weighted by atomic mass is 16.3. The molecule has 0 aromatic heterocycles. The number of primary amides is 1. The van der Waals surface area contributed by atoms with Gasteiger partial charge in [-0.15, -0.1) is 0 Å². The number of carbonyl (C=O) groups is 1. The molecule has 1 atom stereocenters. The predicted octanol–water partition coefficient (Wildman–Crippen LogP) is 2.48. The minimum absolute atomic E-state index is 0.407. The number of nitrogens with zero attached hydrogens (tertiary/aromatic N) is 1. The Morgan fingerprint density at radius 1 is 1.13 bits per heavy atom. The van der Waals surface area contributed by atoms with Crippen molar-refractivity contribution >= 4 is 5.91 Å². The molecule has 4 heteroatoms. The van der Waals surface area contributed by atoms with Crippen molar-refractivity contribution in [2.75, 3.05) is 6.54 Å². The summed E-state index contributed by atoms with van der Waals surface area (Å²) in [6.45, 7) is 1.39. The zero-order valence-electron chi connectivity index (χ0n) is 13.1. The summed E-state index contributed by atoms with van der Waals surface area (Å²) < 4.78 is 0. The van der Waals surface area contributed by atoms with E-state index in [9.17, 15) is 9.90 Å². The second-order valence-corrected chi connectivity index (χ2v) is 6.15. The largest absolute Gasteiger partial charge is 0.387 e. The fraction of sp³-hybridized carbons (Fsp3) is 0.316. The lowest BCUT2D eigenvalue weighted by atomic mass is 10.1. The van der Waals surface area contributed by atoms with E-state index in [2.05, 4.69) is 4.90 Å². The molecule has 1 fully saturated rings. The van der Waals surface area contributed by atoms with Crippen LogP contribution >= 0.6 is 0 Å². The van der Waals surface area contributed by atoms with Crippen LogP contribution in [0.1, 0.15) is 40.4 Å². The molecular weight excluding hydrogens is 288 g/mol. The number of aliphatic hydroxyl groups excluding tert-OH is 1. The van der Waals surface area contributed by atoms with E-state index in [1.165, 1.54) is 12.8 Å². The summed E-state index contributed by atoms with van der Waals surface area (Å²) in [5.41, 5.74) is 7.87. The van der Waals surface area contributed by atoms with Crippen molar-refractivity contribution in [2.45, 2.75) is 31.5 Å². The maximum absolute atomic E-state index is 11.1. The highest BCUT2D eigenvalue weighted by molar-refractivity contribution is 5.92. The molecule has 1 saturated carbocycles. The lowest BCUT2D eigenvalue weighted by molar-refractivity contribution is 0.100. The van der Waals surface area contributed by atoms with Crippen molar-refractivity contribution in [3.05, 3.63) is 71.3 Å². The summed E-state index contributed by atoms with van der Waals surface area (Å²) in [6.07, 6.45) is 1.88. The van der Waals surface area contributed by atoms with Gasteiger partial charge < -0.3 is 10.8 Å². The van der Waals surface area contributed by atoms with Crippen molar-refractivity contribution in [1.29, 1.82) is 0 Å². The summed E-state index contributed by atoms with van der Waals surface area (Å²) in [6, 6.07) is 17.7. The van der Waals surface area contributed by atoms with Gasteiger partial charge in [-0.3, -0.25) is 9.69 Å². The maximum atomic E-state index is 11.1. The number of hydrogen-bond acceptors (Lipinski definition) is 3. The van der Waals surface area contributed by atoms with Gasteiger partial charge in [-0.1, -0.05) is 42.5 Å². The van der Waals surface area contributed by atoms with Gasteiger partial charge in [-0.25, -0.2) is 0 Å². The van der Waals surface area contributed by atoms with E-state index in [1.54, 1.807) is 12.1 Å². The van der Waals surface area contributed by atoms with Crippen molar-refractivity contribution in [1.82, 2.24) is 4.90 Å². The molecule has 1 unspecified atom stereocenters. The molecule has 4 nitrogen and oxygen atoms in total.